The zero-order chi connectivity index (χ0) is 26.9. The number of carbonyl (C=O) groups excluding carboxylic acids is 3. The number of hydrogen-bond acceptors (Lipinski definition) is 8. The fourth-order valence-electron chi connectivity index (χ4n) is 3.63. The van der Waals surface area contributed by atoms with Crippen LogP contribution in [0.5, 0.6) is 0 Å². The van der Waals surface area contributed by atoms with E-state index in [4.69, 9.17) is 15.4 Å². The smallest absolute Gasteiger partial charge is 0.305 e. The van der Waals surface area contributed by atoms with Crippen LogP contribution in [0.15, 0.2) is 29.2 Å². The lowest BCUT2D eigenvalue weighted by Gasteiger charge is -2.35. The van der Waals surface area contributed by atoms with Gasteiger partial charge in [-0.1, -0.05) is 31.5 Å². The third kappa shape index (κ3) is 10.1. The van der Waals surface area contributed by atoms with E-state index in [-0.39, 0.29) is 28.6 Å². The molecule has 0 heterocycles. The number of aliphatic carboxylic acids is 1. The van der Waals surface area contributed by atoms with Gasteiger partial charge in [-0.25, -0.2) is 0 Å². The summed E-state index contributed by atoms with van der Waals surface area (Å²) in [6, 6.07) is 3.21. The monoisotopic (exact) mass is 515 g/mol. The summed E-state index contributed by atoms with van der Waals surface area (Å²) in [7, 11) is -4.02. The molecule has 0 spiro atoms. The van der Waals surface area contributed by atoms with E-state index in [0.29, 0.717) is 12.8 Å². The summed E-state index contributed by atoms with van der Waals surface area (Å²) in [5.74, 6) is -2.61. The normalized spacial score (nSPS) is 21.7. The van der Waals surface area contributed by atoms with Gasteiger partial charge in [0.2, 0.25) is 11.8 Å². The number of aryl methyl sites for hydroxylation is 1. The minimum Gasteiger partial charge on any atom is -0.481 e. The average Bonchev–Trinajstić information content (AvgIpc) is 2.73. The molecule has 2 unspecified atom stereocenters. The Morgan fingerprint density at radius 3 is 2.03 bits per heavy atom. The molecule has 35 heavy (non-hydrogen) atoms. The Kier molecular flexibility index (Phi) is 11.4. The molecule has 1 fully saturated rings. The van der Waals surface area contributed by atoms with Crippen LogP contribution in [-0.4, -0.2) is 71.5 Å². The quantitative estimate of drug-likeness (QED) is 0.247. The van der Waals surface area contributed by atoms with Crippen LogP contribution in [0.25, 0.3) is 0 Å². The van der Waals surface area contributed by atoms with E-state index >= 15 is 0 Å². The molecule has 0 aliphatic heterocycles. The number of carboxylic acids is 1. The topological polar surface area (TPSA) is 213 Å². The van der Waals surface area contributed by atoms with Crippen molar-refractivity contribution >= 4 is 33.7 Å². The maximum absolute atomic E-state index is 12.3. The standard InChI is InChI=1S/C15H25N3O6.C7H8O3S/c1-7-3-9(20)4-8(2)13(7)18-15(24)11(6-19)17-14(23)10(16)5-12(21)22;1-6-2-4-7(5-3-6)11(8,9)10/h7-8,10-11,13,19H,3-6,16H2,1-2H3,(H,17,23)(H,18,24)(H,21,22);2-5H,1H3,(H,8,9,10)/t7?,8?,10-,11+,13?;/m0./s1. The maximum atomic E-state index is 12.3. The average molecular weight is 516 g/mol. The van der Waals surface area contributed by atoms with Crippen molar-refractivity contribution in [3.63, 3.8) is 0 Å². The fourth-order valence-corrected chi connectivity index (χ4v) is 4.11. The molecule has 0 bridgehead atoms. The van der Waals surface area contributed by atoms with Gasteiger partial charge in [0.15, 0.2) is 0 Å². The Labute approximate surface area is 204 Å². The second-order valence-electron chi connectivity index (χ2n) is 8.67. The van der Waals surface area contributed by atoms with Gasteiger partial charge in [0, 0.05) is 18.9 Å². The molecule has 0 aromatic heterocycles. The molecular formula is C22H33N3O9S. The lowest BCUT2D eigenvalue weighted by Crippen LogP contribution is -2.57. The zero-order valence-corrected chi connectivity index (χ0v) is 20.6. The second kappa shape index (κ2) is 13.3. The van der Waals surface area contributed by atoms with E-state index in [0.717, 1.165) is 5.56 Å². The van der Waals surface area contributed by atoms with Crippen molar-refractivity contribution < 1.29 is 42.4 Å². The van der Waals surface area contributed by atoms with Crippen LogP contribution in [0.3, 0.4) is 0 Å². The van der Waals surface area contributed by atoms with Crippen molar-refractivity contribution in [3.8, 4) is 0 Å². The van der Waals surface area contributed by atoms with Crippen LogP contribution in [-0.2, 0) is 29.3 Å². The summed E-state index contributed by atoms with van der Waals surface area (Å²) in [6.07, 6.45) is 0.161. The van der Waals surface area contributed by atoms with Gasteiger partial charge < -0.3 is 26.6 Å². The maximum Gasteiger partial charge on any atom is 0.305 e. The van der Waals surface area contributed by atoms with E-state index in [1.807, 2.05) is 20.8 Å². The summed E-state index contributed by atoms with van der Waals surface area (Å²) in [5.41, 5.74) is 6.38. The van der Waals surface area contributed by atoms with Crippen molar-refractivity contribution in [3.05, 3.63) is 29.8 Å². The highest BCUT2D eigenvalue weighted by atomic mass is 32.2. The number of nitrogens with two attached hydrogens (primary N) is 1. The van der Waals surface area contributed by atoms with E-state index in [2.05, 4.69) is 10.6 Å². The van der Waals surface area contributed by atoms with Gasteiger partial charge in [0.25, 0.3) is 10.1 Å². The van der Waals surface area contributed by atoms with Crippen molar-refractivity contribution in [1.29, 1.82) is 0 Å². The number of amides is 2. The summed E-state index contributed by atoms with van der Waals surface area (Å²) < 4.78 is 29.6. The highest BCUT2D eigenvalue weighted by Gasteiger charge is 2.35. The summed E-state index contributed by atoms with van der Waals surface area (Å²) in [4.78, 5) is 46.1. The molecule has 1 aliphatic rings. The van der Waals surface area contributed by atoms with Gasteiger partial charge in [-0.05, 0) is 30.9 Å². The van der Waals surface area contributed by atoms with Crippen molar-refractivity contribution in [2.45, 2.75) is 63.1 Å². The van der Waals surface area contributed by atoms with Crippen LogP contribution in [0.4, 0.5) is 0 Å². The molecular weight excluding hydrogens is 482 g/mol. The molecule has 12 nitrogen and oxygen atoms in total. The van der Waals surface area contributed by atoms with Crippen LogP contribution in [0.1, 0.15) is 38.7 Å². The van der Waals surface area contributed by atoms with Gasteiger partial charge >= 0.3 is 5.97 Å². The predicted octanol–water partition coefficient (Wildman–Crippen LogP) is -0.373. The molecule has 4 atom stereocenters. The molecule has 1 saturated carbocycles. The number of aliphatic hydroxyl groups excluding tert-OH is 1. The number of Topliss-reactive ketones (excluding diaryl/α,β-unsaturated/α-hetero) is 1. The Bertz CT molecular complexity index is 998. The SMILES string of the molecule is CC1CC(=O)CC(C)C1NC(=O)[C@@H](CO)NC(=O)[C@@H](N)CC(=O)O.Cc1ccc(S(=O)(=O)O)cc1. The van der Waals surface area contributed by atoms with E-state index < -0.39 is 53.0 Å². The van der Waals surface area contributed by atoms with Crippen molar-refractivity contribution in [2.24, 2.45) is 17.6 Å². The summed E-state index contributed by atoms with van der Waals surface area (Å²) in [6.45, 7) is 4.90. The summed E-state index contributed by atoms with van der Waals surface area (Å²) >= 11 is 0. The Balaban J connectivity index is 0.000000462. The van der Waals surface area contributed by atoms with Gasteiger partial charge in [-0.15, -0.1) is 0 Å². The third-order valence-electron chi connectivity index (χ3n) is 5.50. The first-order valence-corrected chi connectivity index (χ1v) is 12.3. The molecule has 1 aliphatic carbocycles. The molecule has 13 heteroatoms. The molecule has 2 amide bonds. The third-order valence-corrected chi connectivity index (χ3v) is 6.37. The van der Waals surface area contributed by atoms with Crippen molar-refractivity contribution in [1.82, 2.24) is 10.6 Å². The largest absolute Gasteiger partial charge is 0.481 e. The number of ketones is 1. The lowest BCUT2D eigenvalue weighted by atomic mass is 9.78. The van der Waals surface area contributed by atoms with Gasteiger partial charge in [-0.3, -0.25) is 23.7 Å². The summed E-state index contributed by atoms with van der Waals surface area (Å²) in [5, 5.41) is 22.9. The van der Waals surface area contributed by atoms with E-state index in [1.165, 1.54) is 12.1 Å². The highest BCUT2D eigenvalue weighted by Crippen LogP contribution is 2.26. The van der Waals surface area contributed by atoms with E-state index in [1.54, 1.807) is 12.1 Å². The first-order valence-electron chi connectivity index (χ1n) is 10.9. The Hall–Kier alpha value is -2.87. The number of aliphatic hydroxyl groups is 1. The molecule has 1 aromatic rings. The number of carboxylic acid groups (broad SMARTS) is 1. The molecule has 196 valence electrons. The predicted molar refractivity (Wildman–Crippen MR) is 125 cm³/mol. The van der Waals surface area contributed by atoms with Gasteiger partial charge in [0.1, 0.15) is 11.8 Å². The fraction of sp³-hybridized carbons (Fsp3) is 0.545. The van der Waals surface area contributed by atoms with Crippen LogP contribution >= 0.6 is 0 Å². The molecule has 0 radical (unpaired) electrons. The minimum atomic E-state index is -4.02. The number of benzene rings is 1. The first kappa shape index (κ1) is 30.2. The number of carbonyl (C=O) groups is 4. The molecule has 2 rings (SSSR count). The minimum absolute atomic E-state index is 0.0467. The Morgan fingerprint density at radius 2 is 1.60 bits per heavy atom. The number of rotatable bonds is 8. The molecule has 1 aromatic carbocycles. The lowest BCUT2D eigenvalue weighted by molar-refractivity contribution is -0.140. The Morgan fingerprint density at radius 1 is 1.09 bits per heavy atom. The molecule has 7 N–H and O–H groups in total. The van der Waals surface area contributed by atoms with Crippen LogP contribution in [0.2, 0.25) is 0 Å². The highest BCUT2D eigenvalue weighted by molar-refractivity contribution is 7.85. The first-order chi connectivity index (χ1) is 16.1. The van der Waals surface area contributed by atoms with Gasteiger partial charge in [-0.2, -0.15) is 8.42 Å². The molecule has 0 saturated heterocycles. The van der Waals surface area contributed by atoms with Crippen LogP contribution in [0, 0.1) is 18.8 Å². The second-order valence-corrected chi connectivity index (χ2v) is 10.1. The number of hydrogen-bond donors (Lipinski definition) is 6. The number of nitrogens with one attached hydrogen (secondary N) is 2. The zero-order valence-electron chi connectivity index (χ0n) is 19.8. The van der Waals surface area contributed by atoms with E-state index in [9.17, 15) is 32.7 Å². The van der Waals surface area contributed by atoms with Gasteiger partial charge in [0.05, 0.1) is 24.0 Å². The van der Waals surface area contributed by atoms with Crippen LogP contribution < -0.4 is 16.4 Å². The van der Waals surface area contributed by atoms with Crippen molar-refractivity contribution in [2.75, 3.05) is 6.61 Å².